The molecule has 0 saturated carbocycles. The highest BCUT2D eigenvalue weighted by Gasteiger charge is 2.09. The van der Waals surface area contributed by atoms with Crippen LogP contribution in [0.3, 0.4) is 0 Å². The van der Waals surface area contributed by atoms with Crippen molar-refractivity contribution in [3.63, 3.8) is 0 Å². The molecule has 5 heteroatoms. The molecule has 0 radical (unpaired) electrons. The van der Waals surface area contributed by atoms with Crippen molar-refractivity contribution >= 4 is 23.1 Å². The summed E-state index contributed by atoms with van der Waals surface area (Å²) in [5.41, 5.74) is 2.39. The van der Waals surface area contributed by atoms with Crippen LogP contribution in [0.25, 0.3) is 10.6 Å². The summed E-state index contributed by atoms with van der Waals surface area (Å²) in [7, 11) is 0. The van der Waals surface area contributed by atoms with Crippen LogP contribution in [-0.2, 0) is 6.54 Å². The highest BCUT2D eigenvalue weighted by atomic mass is 32.2. The maximum absolute atomic E-state index is 4.15. The number of nitrogens with zero attached hydrogens (tertiary/aromatic N) is 1. The van der Waals surface area contributed by atoms with E-state index in [4.69, 9.17) is 0 Å². The summed E-state index contributed by atoms with van der Waals surface area (Å²) < 4.78 is 0. The molecule has 0 spiro atoms. The number of nitrogens with one attached hydrogen (secondary N) is 2. The van der Waals surface area contributed by atoms with Crippen molar-refractivity contribution in [2.45, 2.75) is 26.4 Å². The monoisotopic (exact) mass is 281 g/mol. The van der Waals surface area contributed by atoms with Gasteiger partial charge in [0, 0.05) is 23.9 Å². The third-order valence-electron chi connectivity index (χ3n) is 2.70. The predicted octanol–water partition coefficient (Wildman–Crippen LogP) is 3.37. The van der Waals surface area contributed by atoms with Gasteiger partial charge in [-0.1, -0.05) is 13.0 Å². The molecule has 0 aliphatic heterocycles. The van der Waals surface area contributed by atoms with Gasteiger partial charge in [0.05, 0.1) is 16.8 Å². The molecule has 2 heterocycles. The Bertz CT molecular complexity index is 451. The van der Waals surface area contributed by atoms with Crippen LogP contribution in [0.1, 0.15) is 19.4 Å². The van der Waals surface area contributed by atoms with Crippen molar-refractivity contribution in [3.8, 4) is 10.6 Å². The van der Waals surface area contributed by atoms with Crippen molar-refractivity contribution < 1.29 is 0 Å². The summed E-state index contributed by atoms with van der Waals surface area (Å²) in [6.45, 7) is 5.30. The van der Waals surface area contributed by atoms with Crippen LogP contribution in [0, 0.1) is 0 Å². The van der Waals surface area contributed by atoms with Crippen molar-refractivity contribution in [3.05, 3.63) is 29.3 Å². The quantitative estimate of drug-likeness (QED) is 0.817. The molecule has 1 unspecified atom stereocenters. The van der Waals surface area contributed by atoms with Gasteiger partial charge in [-0.3, -0.25) is 5.10 Å². The van der Waals surface area contributed by atoms with E-state index in [2.05, 4.69) is 46.9 Å². The highest BCUT2D eigenvalue weighted by molar-refractivity contribution is 7.99. The SMILES string of the molecule is CCSCC(C)NCc1cn[nH]c1-c1cccs1. The van der Waals surface area contributed by atoms with Crippen LogP contribution in [0.5, 0.6) is 0 Å². The van der Waals surface area contributed by atoms with E-state index in [0.717, 1.165) is 18.0 Å². The molecule has 98 valence electrons. The number of thioether (sulfide) groups is 1. The molecule has 0 amide bonds. The molecule has 3 nitrogen and oxygen atoms in total. The van der Waals surface area contributed by atoms with Gasteiger partial charge < -0.3 is 5.32 Å². The van der Waals surface area contributed by atoms with Gasteiger partial charge in [-0.15, -0.1) is 11.3 Å². The number of aromatic amines is 1. The zero-order valence-corrected chi connectivity index (χ0v) is 12.4. The third kappa shape index (κ3) is 3.60. The molecule has 0 aliphatic carbocycles. The lowest BCUT2D eigenvalue weighted by Gasteiger charge is -2.12. The van der Waals surface area contributed by atoms with E-state index in [-0.39, 0.29) is 0 Å². The Balaban J connectivity index is 1.92. The van der Waals surface area contributed by atoms with Crippen LogP contribution in [-0.4, -0.2) is 27.7 Å². The molecular formula is C13H19N3S2. The van der Waals surface area contributed by atoms with Gasteiger partial charge in [-0.2, -0.15) is 16.9 Å². The zero-order valence-electron chi connectivity index (χ0n) is 10.8. The van der Waals surface area contributed by atoms with Crippen LogP contribution in [0.15, 0.2) is 23.7 Å². The number of rotatable bonds is 7. The average Bonchev–Trinajstić information content (AvgIpc) is 3.03. The van der Waals surface area contributed by atoms with Gasteiger partial charge in [-0.25, -0.2) is 0 Å². The lowest BCUT2D eigenvalue weighted by molar-refractivity contribution is 0.596. The molecule has 1 atom stereocenters. The van der Waals surface area contributed by atoms with Gasteiger partial charge in [-0.05, 0) is 24.1 Å². The van der Waals surface area contributed by atoms with Crippen molar-refractivity contribution in [2.75, 3.05) is 11.5 Å². The molecule has 2 aromatic heterocycles. The maximum Gasteiger partial charge on any atom is 0.0794 e. The predicted molar refractivity (Wildman–Crippen MR) is 81.2 cm³/mol. The Hall–Kier alpha value is -0.780. The standard InChI is InChI=1S/C13H19N3S2/c1-3-17-9-10(2)14-7-11-8-15-16-13(11)12-5-4-6-18-12/h4-6,8,10,14H,3,7,9H2,1-2H3,(H,15,16). The van der Waals surface area contributed by atoms with E-state index in [1.165, 1.54) is 16.2 Å². The highest BCUT2D eigenvalue weighted by Crippen LogP contribution is 2.25. The summed E-state index contributed by atoms with van der Waals surface area (Å²) in [5, 5.41) is 12.9. The minimum absolute atomic E-state index is 0.529. The van der Waals surface area contributed by atoms with Crippen molar-refractivity contribution in [1.29, 1.82) is 0 Å². The lowest BCUT2D eigenvalue weighted by atomic mass is 10.2. The summed E-state index contributed by atoms with van der Waals surface area (Å²) >= 11 is 3.71. The number of hydrogen-bond donors (Lipinski definition) is 2. The van der Waals surface area contributed by atoms with E-state index in [1.54, 1.807) is 11.3 Å². The van der Waals surface area contributed by atoms with E-state index in [1.807, 2.05) is 18.0 Å². The summed E-state index contributed by atoms with van der Waals surface area (Å²) in [6.07, 6.45) is 1.92. The first-order valence-corrected chi connectivity index (χ1v) is 8.22. The molecule has 2 aromatic rings. The Kier molecular flexibility index (Phi) is 5.28. The van der Waals surface area contributed by atoms with Crippen molar-refractivity contribution in [2.24, 2.45) is 0 Å². The maximum atomic E-state index is 4.15. The smallest absolute Gasteiger partial charge is 0.0794 e. The van der Waals surface area contributed by atoms with Crippen molar-refractivity contribution in [1.82, 2.24) is 15.5 Å². The largest absolute Gasteiger partial charge is 0.309 e. The topological polar surface area (TPSA) is 40.7 Å². The fraction of sp³-hybridized carbons (Fsp3) is 0.462. The van der Waals surface area contributed by atoms with Gasteiger partial charge in [0.2, 0.25) is 0 Å². The summed E-state index contributed by atoms with van der Waals surface area (Å²) in [6, 6.07) is 4.72. The van der Waals surface area contributed by atoms with Crippen LogP contribution in [0.4, 0.5) is 0 Å². The molecule has 0 fully saturated rings. The Morgan fingerprint density at radius 2 is 2.44 bits per heavy atom. The number of hydrogen-bond acceptors (Lipinski definition) is 4. The normalized spacial score (nSPS) is 12.8. The van der Waals surface area contributed by atoms with Gasteiger partial charge in [0.15, 0.2) is 0 Å². The van der Waals surface area contributed by atoms with E-state index < -0.39 is 0 Å². The minimum atomic E-state index is 0.529. The van der Waals surface area contributed by atoms with Gasteiger partial charge in [0.1, 0.15) is 0 Å². The first-order chi connectivity index (χ1) is 8.81. The van der Waals surface area contributed by atoms with Crippen LogP contribution >= 0.6 is 23.1 Å². The second-order valence-electron chi connectivity index (χ2n) is 4.19. The fourth-order valence-corrected chi connectivity index (χ4v) is 3.18. The fourth-order valence-electron chi connectivity index (χ4n) is 1.72. The molecule has 18 heavy (non-hydrogen) atoms. The molecule has 0 aromatic carbocycles. The Morgan fingerprint density at radius 1 is 1.56 bits per heavy atom. The zero-order chi connectivity index (χ0) is 12.8. The van der Waals surface area contributed by atoms with E-state index >= 15 is 0 Å². The first-order valence-electron chi connectivity index (χ1n) is 6.18. The molecule has 0 bridgehead atoms. The number of thiophene rings is 1. The van der Waals surface area contributed by atoms with E-state index in [0.29, 0.717) is 6.04 Å². The van der Waals surface area contributed by atoms with Crippen LogP contribution in [0.2, 0.25) is 0 Å². The second-order valence-corrected chi connectivity index (χ2v) is 6.46. The van der Waals surface area contributed by atoms with E-state index in [9.17, 15) is 0 Å². The second kappa shape index (κ2) is 6.97. The van der Waals surface area contributed by atoms with Gasteiger partial charge in [0.25, 0.3) is 0 Å². The van der Waals surface area contributed by atoms with Crippen LogP contribution < -0.4 is 5.32 Å². The molecule has 2 rings (SSSR count). The first kappa shape index (κ1) is 13.6. The molecular weight excluding hydrogens is 262 g/mol. The molecule has 0 aliphatic rings. The Labute approximate surface area is 116 Å². The van der Waals surface area contributed by atoms with Gasteiger partial charge >= 0.3 is 0 Å². The molecule has 2 N–H and O–H groups in total. The summed E-state index contributed by atoms with van der Waals surface area (Å²) in [4.78, 5) is 1.25. The summed E-state index contributed by atoms with van der Waals surface area (Å²) in [5.74, 6) is 2.33. The molecule has 0 saturated heterocycles. The Morgan fingerprint density at radius 3 is 3.17 bits per heavy atom. The third-order valence-corrected chi connectivity index (χ3v) is 4.73. The number of H-pyrrole nitrogens is 1. The minimum Gasteiger partial charge on any atom is -0.309 e. The average molecular weight is 281 g/mol. The number of aromatic nitrogens is 2. The lowest BCUT2D eigenvalue weighted by Crippen LogP contribution is -2.27.